The predicted molar refractivity (Wildman–Crippen MR) is 184 cm³/mol. The number of hydrogen-bond acceptors (Lipinski definition) is 7. The molecule has 6 rings (SSSR count). The highest BCUT2D eigenvalue weighted by atomic mass is 32.2. The van der Waals surface area contributed by atoms with Gasteiger partial charge in [-0.25, -0.2) is 0 Å². The Morgan fingerprint density at radius 2 is 1.66 bits per heavy atom. The maximum absolute atomic E-state index is 12.5. The number of aliphatic hydroxyl groups is 1. The van der Waals surface area contributed by atoms with Gasteiger partial charge in [0, 0.05) is 41.1 Å². The van der Waals surface area contributed by atoms with Crippen molar-refractivity contribution < 1.29 is 24.1 Å². The average molecular weight is 647 g/mol. The molecule has 1 amide bonds. The molecule has 1 fully saturated rings. The second-order valence-electron chi connectivity index (χ2n) is 11.5. The standard InChI is InChI=1S/C39H38N2O5S/c1-26-35(25-47-36-11-4-3-10-34(36)44-2)45-39(46-37(26)30-14-12-27(24-42)13-15-30)31-18-16-29(17-19-31)32-8-5-7-28(21-32)22-41-38(43)33-9-6-20-40-23-33/h3-21,23,26,35,37,39,42H,22,24-25H2,1-2H3,(H,41,43). The molecule has 1 saturated heterocycles. The number of ether oxygens (including phenoxy) is 3. The Morgan fingerprint density at radius 1 is 0.872 bits per heavy atom. The molecule has 7 nitrogen and oxygen atoms in total. The van der Waals surface area contributed by atoms with Crippen molar-refractivity contribution in [3.63, 3.8) is 0 Å². The molecule has 8 heteroatoms. The summed E-state index contributed by atoms with van der Waals surface area (Å²) in [5.74, 6) is 1.50. The van der Waals surface area contributed by atoms with Crippen LogP contribution in [0.15, 0.2) is 126 Å². The number of carbonyl (C=O) groups excluding carboxylic acids is 1. The summed E-state index contributed by atoms with van der Waals surface area (Å²) in [6, 6.07) is 35.9. The van der Waals surface area contributed by atoms with Crippen LogP contribution in [0.2, 0.25) is 0 Å². The van der Waals surface area contributed by atoms with Crippen LogP contribution in [0.5, 0.6) is 5.75 Å². The molecule has 2 N–H and O–H groups in total. The van der Waals surface area contributed by atoms with Crippen molar-refractivity contribution in [2.45, 2.75) is 43.5 Å². The van der Waals surface area contributed by atoms with E-state index in [-0.39, 0.29) is 30.6 Å². The molecule has 5 aromatic rings. The maximum atomic E-state index is 12.5. The van der Waals surface area contributed by atoms with Gasteiger partial charge in [0.05, 0.1) is 31.5 Å². The summed E-state index contributed by atoms with van der Waals surface area (Å²) >= 11 is 1.72. The van der Waals surface area contributed by atoms with E-state index in [4.69, 9.17) is 14.2 Å². The van der Waals surface area contributed by atoms with Gasteiger partial charge in [-0.3, -0.25) is 9.78 Å². The SMILES string of the molecule is COc1ccccc1SCC1OC(c2ccc(-c3cccc(CNC(=O)c4cccnc4)c3)cc2)OC(c2ccc(CO)cc2)C1C. The van der Waals surface area contributed by atoms with Crippen LogP contribution < -0.4 is 10.1 Å². The molecule has 4 unspecified atom stereocenters. The van der Waals surface area contributed by atoms with Gasteiger partial charge in [0.2, 0.25) is 0 Å². The van der Waals surface area contributed by atoms with Gasteiger partial charge >= 0.3 is 0 Å². The van der Waals surface area contributed by atoms with Crippen LogP contribution in [0.25, 0.3) is 11.1 Å². The summed E-state index contributed by atoms with van der Waals surface area (Å²) in [4.78, 5) is 17.6. The Bertz CT molecular complexity index is 1770. The van der Waals surface area contributed by atoms with Crippen molar-refractivity contribution in [2.75, 3.05) is 12.9 Å². The number of para-hydroxylation sites is 1. The van der Waals surface area contributed by atoms with Crippen LogP contribution in [0.1, 0.15) is 51.9 Å². The van der Waals surface area contributed by atoms with Gasteiger partial charge in [0.1, 0.15) is 5.75 Å². The number of pyridine rings is 1. The first-order valence-electron chi connectivity index (χ1n) is 15.7. The minimum Gasteiger partial charge on any atom is -0.496 e. The Hall–Kier alpha value is -4.47. The topological polar surface area (TPSA) is 89.9 Å². The fourth-order valence-corrected chi connectivity index (χ4v) is 6.89. The third-order valence-corrected chi connectivity index (χ3v) is 9.56. The van der Waals surface area contributed by atoms with Crippen LogP contribution in [0.4, 0.5) is 0 Å². The zero-order valence-corrected chi connectivity index (χ0v) is 27.2. The highest BCUT2D eigenvalue weighted by Crippen LogP contribution is 2.44. The van der Waals surface area contributed by atoms with Crippen LogP contribution in [0.3, 0.4) is 0 Å². The number of rotatable bonds is 11. The first-order valence-corrected chi connectivity index (χ1v) is 16.6. The van der Waals surface area contributed by atoms with E-state index in [0.29, 0.717) is 12.1 Å². The summed E-state index contributed by atoms with van der Waals surface area (Å²) in [6.07, 6.45) is 2.37. The molecule has 0 saturated carbocycles. The Labute approximate surface area is 279 Å². The predicted octanol–water partition coefficient (Wildman–Crippen LogP) is 7.76. The highest BCUT2D eigenvalue weighted by Gasteiger charge is 2.38. The lowest BCUT2D eigenvalue weighted by Crippen LogP contribution is -2.38. The van der Waals surface area contributed by atoms with E-state index in [1.165, 1.54) is 0 Å². The molecule has 1 aliphatic rings. The molecule has 1 aliphatic heterocycles. The largest absolute Gasteiger partial charge is 0.496 e. The third-order valence-electron chi connectivity index (χ3n) is 8.42. The quantitative estimate of drug-likeness (QED) is 0.142. The maximum Gasteiger partial charge on any atom is 0.253 e. The lowest BCUT2D eigenvalue weighted by molar-refractivity contribution is -0.268. The molecule has 0 aliphatic carbocycles. The number of aromatic nitrogens is 1. The number of methoxy groups -OCH3 is 1. The number of aliphatic hydroxyl groups excluding tert-OH is 1. The Balaban J connectivity index is 1.19. The minimum atomic E-state index is -0.555. The number of thioether (sulfide) groups is 1. The van der Waals surface area contributed by atoms with Gasteiger partial charge in [0.15, 0.2) is 6.29 Å². The molecule has 47 heavy (non-hydrogen) atoms. The number of amides is 1. The lowest BCUT2D eigenvalue weighted by atomic mass is 9.91. The molecule has 240 valence electrons. The van der Waals surface area contributed by atoms with Gasteiger partial charge in [-0.1, -0.05) is 85.8 Å². The molecule has 0 bridgehead atoms. The Morgan fingerprint density at radius 3 is 2.40 bits per heavy atom. The zero-order valence-electron chi connectivity index (χ0n) is 26.4. The monoisotopic (exact) mass is 646 g/mol. The molecule has 4 aromatic carbocycles. The molecule has 0 radical (unpaired) electrons. The third kappa shape index (κ3) is 7.92. The molecular weight excluding hydrogens is 609 g/mol. The van der Waals surface area contributed by atoms with Crippen molar-refractivity contribution in [3.8, 4) is 16.9 Å². The van der Waals surface area contributed by atoms with Gasteiger partial charge < -0.3 is 24.6 Å². The van der Waals surface area contributed by atoms with Crippen LogP contribution >= 0.6 is 11.8 Å². The van der Waals surface area contributed by atoms with Crippen molar-refractivity contribution in [1.82, 2.24) is 10.3 Å². The molecule has 0 spiro atoms. The first kappa shape index (κ1) is 32.5. The average Bonchev–Trinajstić information content (AvgIpc) is 3.14. The normalized spacial score (nSPS) is 19.2. The van der Waals surface area contributed by atoms with Crippen molar-refractivity contribution in [2.24, 2.45) is 5.92 Å². The van der Waals surface area contributed by atoms with E-state index < -0.39 is 6.29 Å². The van der Waals surface area contributed by atoms with Gasteiger partial charge in [-0.05, 0) is 58.1 Å². The van der Waals surface area contributed by atoms with Crippen molar-refractivity contribution >= 4 is 17.7 Å². The number of nitrogens with one attached hydrogen (secondary N) is 1. The van der Waals surface area contributed by atoms with Crippen LogP contribution in [0, 0.1) is 5.92 Å². The fraction of sp³-hybridized carbons (Fsp3) is 0.231. The lowest BCUT2D eigenvalue weighted by Gasteiger charge is -2.41. The van der Waals surface area contributed by atoms with Crippen LogP contribution in [-0.2, 0) is 22.6 Å². The fourth-order valence-electron chi connectivity index (χ4n) is 5.69. The summed E-state index contributed by atoms with van der Waals surface area (Å²) in [5, 5.41) is 12.5. The van der Waals surface area contributed by atoms with E-state index >= 15 is 0 Å². The van der Waals surface area contributed by atoms with Gasteiger partial charge in [0.25, 0.3) is 5.91 Å². The second kappa shape index (κ2) is 15.4. The molecule has 4 atom stereocenters. The second-order valence-corrected chi connectivity index (χ2v) is 12.6. The number of carbonyl (C=O) groups is 1. The van der Waals surface area contributed by atoms with Crippen molar-refractivity contribution in [1.29, 1.82) is 0 Å². The summed E-state index contributed by atoms with van der Waals surface area (Å²) in [7, 11) is 1.69. The van der Waals surface area contributed by atoms with E-state index in [0.717, 1.165) is 49.8 Å². The van der Waals surface area contributed by atoms with Crippen LogP contribution in [-0.4, -0.2) is 35.0 Å². The summed E-state index contributed by atoms with van der Waals surface area (Å²) < 4.78 is 18.9. The zero-order chi connectivity index (χ0) is 32.6. The van der Waals surface area contributed by atoms with Crippen molar-refractivity contribution in [3.05, 3.63) is 149 Å². The van der Waals surface area contributed by atoms with E-state index in [2.05, 4.69) is 59.7 Å². The first-order chi connectivity index (χ1) is 23.0. The minimum absolute atomic E-state index is 0.000557. The Kier molecular flexibility index (Phi) is 10.6. The van der Waals surface area contributed by atoms with E-state index in [1.807, 2.05) is 54.6 Å². The molecular formula is C39H38N2O5S. The molecule has 2 heterocycles. The van der Waals surface area contributed by atoms with E-state index in [9.17, 15) is 9.90 Å². The molecule has 1 aromatic heterocycles. The smallest absolute Gasteiger partial charge is 0.253 e. The summed E-state index contributed by atoms with van der Waals surface area (Å²) in [6.45, 7) is 2.58. The number of benzene rings is 4. The van der Waals surface area contributed by atoms with Gasteiger partial charge in [-0.2, -0.15) is 0 Å². The number of hydrogen-bond donors (Lipinski definition) is 2. The van der Waals surface area contributed by atoms with E-state index in [1.54, 1.807) is 43.4 Å². The highest BCUT2D eigenvalue weighted by molar-refractivity contribution is 7.99. The summed E-state index contributed by atoms with van der Waals surface area (Å²) in [5.41, 5.74) is 6.50. The van der Waals surface area contributed by atoms with Gasteiger partial charge in [-0.15, -0.1) is 11.8 Å². The number of nitrogens with zero attached hydrogens (tertiary/aromatic N) is 1.